The maximum atomic E-state index is 11.4. The van der Waals surface area contributed by atoms with Gasteiger partial charge in [-0.25, -0.2) is 13.1 Å². The highest BCUT2D eigenvalue weighted by Crippen LogP contribution is 2.15. The molecule has 1 rings (SSSR count). The lowest BCUT2D eigenvalue weighted by Gasteiger charge is -2.30. The van der Waals surface area contributed by atoms with Gasteiger partial charge in [0.15, 0.2) is 0 Å². The van der Waals surface area contributed by atoms with E-state index in [1.54, 1.807) is 0 Å². The van der Waals surface area contributed by atoms with Crippen LogP contribution in [0.2, 0.25) is 0 Å². The molecule has 0 aliphatic carbocycles. The molecular formula is C12H26N2O2S. The van der Waals surface area contributed by atoms with E-state index in [4.69, 9.17) is 0 Å². The van der Waals surface area contributed by atoms with Crippen molar-refractivity contribution >= 4 is 10.0 Å². The Balaban J connectivity index is 2.08. The monoisotopic (exact) mass is 262 g/mol. The average Bonchev–Trinajstić information content (AvgIpc) is 2.27. The number of nitrogens with one attached hydrogen (secondary N) is 1. The SMILES string of the molecule is CCCS(=O)(=O)NCCCN1CCC(C)CC1. The van der Waals surface area contributed by atoms with E-state index in [0.29, 0.717) is 13.0 Å². The minimum Gasteiger partial charge on any atom is -0.303 e. The van der Waals surface area contributed by atoms with Crippen LogP contribution in [-0.4, -0.2) is 45.2 Å². The highest BCUT2D eigenvalue weighted by molar-refractivity contribution is 7.89. The van der Waals surface area contributed by atoms with E-state index in [1.165, 1.54) is 25.9 Å². The Hall–Kier alpha value is -0.130. The zero-order chi connectivity index (χ0) is 12.7. The summed E-state index contributed by atoms with van der Waals surface area (Å²) in [5.74, 6) is 1.10. The molecule has 0 amide bonds. The van der Waals surface area contributed by atoms with E-state index in [9.17, 15) is 8.42 Å². The van der Waals surface area contributed by atoms with Gasteiger partial charge in [0, 0.05) is 6.54 Å². The maximum absolute atomic E-state index is 11.4. The fraction of sp³-hybridized carbons (Fsp3) is 1.00. The molecule has 0 aromatic carbocycles. The summed E-state index contributed by atoms with van der Waals surface area (Å²) in [6, 6.07) is 0. The number of likely N-dealkylation sites (tertiary alicyclic amines) is 1. The Morgan fingerprint density at radius 3 is 2.53 bits per heavy atom. The van der Waals surface area contributed by atoms with Crippen molar-refractivity contribution < 1.29 is 8.42 Å². The van der Waals surface area contributed by atoms with Crippen LogP contribution in [0.5, 0.6) is 0 Å². The summed E-state index contributed by atoms with van der Waals surface area (Å²) in [5, 5.41) is 0. The summed E-state index contributed by atoms with van der Waals surface area (Å²) in [6.45, 7) is 8.12. The van der Waals surface area contributed by atoms with Gasteiger partial charge in [-0.2, -0.15) is 0 Å². The fourth-order valence-corrected chi connectivity index (χ4v) is 3.29. The summed E-state index contributed by atoms with van der Waals surface area (Å²) < 4.78 is 25.5. The molecule has 0 bridgehead atoms. The molecule has 0 aromatic heterocycles. The lowest BCUT2D eigenvalue weighted by Crippen LogP contribution is -2.35. The lowest BCUT2D eigenvalue weighted by molar-refractivity contribution is 0.191. The maximum Gasteiger partial charge on any atom is 0.211 e. The summed E-state index contributed by atoms with van der Waals surface area (Å²) in [7, 11) is -3.01. The molecule has 1 aliphatic rings. The Kier molecular flexibility index (Phi) is 6.44. The summed E-state index contributed by atoms with van der Waals surface area (Å²) in [6.07, 6.45) is 4.15. The van der Waals surface area contributed by atoms with Crippen LogP contribution in [0.4, 0.5) is 0 Å². The summed E-state index contributed by atoms with van der Waals surface area (Å²) in [5.41, 5.74) is 0. The van der Waals surface area contributed by atoms with Gasteiger partial charge in [-0.3, -0.25) is 0 Å². The molecule has 4 nitrogen and oxygen atoms in total. The molecule has 0 aromatic rings. The van der Waals surface area contributed by atoms with E-state index >= 15 is 0 Å². The number of nitrogens with zero attached hydrogens (tertiary/aromatic N) is 1. The van der Waals surface area contributed by atoms with Crippen LogP contribution >= 0.6 is 0 Å². The van der Waals surface area contributed by atoms with Crippen LogP contribution in [0.15, 0.2) is 0 Å². The van der Waals surface area contributed by atoms with Gasteiger partial charge in [-0.05, 0) is 51.2 Å². The highest BCUT2D eigenvalue weighted by atomic mass is 32.2. The normalized spacial score (nSPS) is 19.6. The molecule has 0 radical (unpaired) electrons. The van der Waals surface area contributed by atoms with Crippen molar-refractivity contribution in [3.8, 4) is 0 Å². The van der Waals surface area contributed by atoms with E-state index in [1.807, 2.05) is 6.92 Å². The van der Waals surface area contributed by atoms with Crippen LogP contribution in [0.3, 0.4) is 0 Å². The van der Waals surface area contributed by atoms with Gasteiger partial charge in [-0.1, -0.05) is 13.8 Å². The zero-order valence-corrected chi connectivity index (χ0v) is 11.9. The average molecular weight is 262 g/mol. The fourth-order valence-electron chi connectivity index (χ4n) is 2.16. The highest BCUT2D eigenvalue weighted by Gasteiger charge is 2.15. The first kappa shape index (κ1) is 14.9. The van der Waals surface area contributed by atoms with Gasteiger partial charge in [0.2, 0.25) is 10.0 Å². The number of rotatable bonds is 7. The van der Waals surface area contributed by atoms with Crippen LogP contribution in [-0.2, 0) is 10.0 Å². The predicted octanol–water partition coefficient (Wildman–Crippen LogP) is 1.44. The third-order valence-electron chi connectivity index (χ3n) is 3.32. The van der Waals surface area contributed by atoms with Crippen molar-refractivity contribution in [1.29, 1.82) is 0 Å². The Labute approximate surface area is 106 Å². The van der Waals surface area contributed by atoms with Gasteiger partial charge in [0.05, 0.1) is 5.75 Å². The second-order valence-corrected chi connectivity index (χ2v) is 7.02. The van der Waals surface area contributed by atoms with Crippen molar-refractivity contribution in [2.24, 2.45) is 5.92 Å². The third-order valence-corrected chi connectivity index (χ3v) is 4.91. The van der Waals surface area contributed by atoms with Gasteiger partial charge in [0.1, 0.15) is 0 Å². The van der Waals surface area contributed by atoms with Gasteiger partial charge >= 0.3 is 0 Å². The van der Waals surface area contributed by atoms with Gasteiger partial charge < -0.3 is 4.90 Å². The van der Waals surface area contributed by atoms with E-state index in [0.717, 1.165) is 18.9 Å². The van der Waals surface area contributed by atoms with E-state index in [2.05, 4.69) is 16.5 Å². The Morgan fingerprint density at radius 2 is 1.94 bits per heavy atom. The minimum absolute atomic E-state index is 0.244. The number of piperidine rings is 1. The first-order valence-corrected chi connectivity index (χ1v) is 8.38. The molecule has 5 heteroatoms. The second kappa shape index (κ2) is 7.34. The molecule has 1 heterocycles. The van der Waals surface area contributed by atoms with Crippen LogP contribution in [0.1, 0.15) is 39.5 Å². The molecule has 17 heavy (non-hydrogen) atoms. The molecular weight excluding hydrogens is 236 g/mol. The molecule has 0 unspecified atom stereocenters. The Morgan fingerprint density at radius 1 is 1.29 bits per heavy atom. The number of sulfonamides is 1. The lowest BCUT2D eigenvalue weighted by atomic mass is 9.99. The minimum atomic E-state index is -3.01. The van der Waals surface area contributed by atoms with E-state index < -0.39 is 10.0 Å². The molecule has 1 saturated heterocycles. The molecule has 1 N–H and O–H groups in total. The summed E-state index contributed by atoms with van der Waals surface area (Å²) in [4.78, 5) is 2.44. The second-order valence-electron chi connectivity index (χ2n) is 5.09. The molecule has 0 atom stereocenters. The van der Waals surface area contributed by atoms with Crippen molar-refractivity contribution in [1.82, 2.24) is 9.62 Å². The van der Waals surface area contributed by atoms with Gasteiger partial charge in [-0.15, -0.1) is 0 Å². The smallest absolute Gasteiger partial charge is 0.211 e. The van der Waals surface area contributed by atoms with Crippen LogP contribution in [0, 0.1) is 5.92 Å². The van der Waals surface area contributed by atoms with Gasteiger partial charge in [0.25, 0.3) is 0 Å². The van der Waals surface area contributed by atoms with Crippen molar-refractivity contribution in [3.05, 3.63) is 0 Å². The number of hydrogen-bond acceptors (Lipinski definition) is 3. The standard InChI is InChI=1S/C12H26N2O2S/c1-3-11-17(15,16)13-7-4-8-14-9-5-12(2)6-10-14/h12-13H,3-11H2,1-2H3. The Bertz CT molecular complexity index is 296. The number of hydrogen-bond donors (Lipinski definition) is 1. The van der Waals surface area contributed by atoms with Crippen molar-refractivity contribution in [2.75, 3.05) is 31.9 Å². The van der Waals surface area contributed by atoms with E-state index in [-0.39, 0.29) is 5.75 Å². The largest absolute Gasteiger partial charge is 0.303 e. The zero-order valence-electron chi connectivity index (χ0n) is 11.1. The van der Waals surface area contributed by atoms with Crippen LogP contribution < -0.4 is 4.72 Å². The molecule has 0 saturated carbocycles. The first-order valence-electron chi connectivity index (χ1n) is 6.73. The molecule has 1 fully saturated rings. The first-order chi connectivity index (χ1) is 8.03. The van der Waals surface area contributed by atoms with Crippen molar-refractivity contribution in [3.63, 3.8) is 0 Å². The quantitative estimate of drug-likeness (QED) is 0.706. The molecule has 0 spiro atoms. The summed E-state index contributed by atoms with van der Waals surface area (Å²) >= 11 is 0. The third kappa shape index (κ3) is 6.38. The predicted molar refractivity (Wildman–Crippen MR) is 71.5 cm³/mol. The molecule has 102 valence electrons. The van der Waals surface area contributed by atoms with Crippen molar-refractivity contribution in [2.45, 2.75) is 39.5 Å². The topological polar surface area (TPSA) is 49.4 Å². The van der Waals surface area contributed by atoms with Crippen LogP contribution in [0.25, 0.3) is 0 Å². The molecule has 1 aliphatic heterocycles.